The fraction of sp³-hybridized carbons (Fsp3) is 0.625. The first-order valence-corrected chi connectivity index (χ1v) is 7.49. The first-order valence-electron chi connectivity index (χ1n) is 7.49. The first-order chi connectivity index (χ1) is 10.1. The largest absolute Gasteiger partial charge is 0.372 e. The fourth-order valence-corrected chi connectivity index (χ4v) is 3.37. The zero-order chi connectivity index (χ0) is 15.0. The van der Waals surface area contributed by atoms with E-state index in [1.54, 1.807) is 18.2 Å². The van der Waals surface area contributed by atoms with Crippen LogP contribution in [0.5, 0.6) is 0 Å². The van der Waals surface area contributed by atoms with Gasteiger partial charge in [0.2, 0.25) is 0 Å². The van der Waals surface area contributed by atoms with Gasteiger partial charge in [0.05, 0.1) is 5.92 Å². The third kappa shape index (κ3) is 2.74. The molecule has 0 bridgehead atoms. The van der Waals surface area contributed by atoms with Crippen molar-refractivity contribution in [2.75, 3.05) is 18.0 Å². The van der Waals surface area contributed by atoms with Crippen molar-refractivity contribution in [1.82, 2.24) is 0 Å². The first kappa shape index (κ1) is 14.7. The Morgan fingerprint density at radius 1 is 0.905 bits per heavy atom. The van der Waals surface area contributed by atoms with E-state index in [1.807, 2.05) is 6.07 Å². The van der Waals surface area contributed by atoms with E-state index in [9.17, 15) is 17.6 Å². The average molecular weight is 301 g/mol. The summed E-state index contributed by atoms with van der Waals surface area (Å²) in [5.41, 5.74) is 1.23. The van der Waals surface area contributed by atoms with E-state index in [0.29, 0.717) is 5.56 Å². The van der Waals surface area contributed by atoms with Crippen LogP contribution in [0.2, 0.25) is 0 Å². The lowest BCUT2D eigenvalue weighted by atomic mass is 9.79. The predicted molar refractivity (Wildman–Crippen MR) is 74.8 cm³/mol. The van der Waals surface area contributed by atoms with Gasteiger partial charge in [0, 0.05) is 25.2 Å². The summed E-state index contributed by atoms with van der Waals surface area (Å²) < 4.78 is 55.2. The number of halogens is 4. The quantitative estimate of drug-likeness (QED) is 0.743. The van der Waals surface area contributed by atoms with Gasteiger partial charge in [-0.15, -0.1) is 0 Å². The smallest absolute Gasteiger partial charge is 0.141 e. The maximum Gasteiger partial charge on any atom is 0.141 e. The van der Waals surface area contributed by atoms with Crippen LogP contribution in [0.15, 0.2) is 24.3 Å². The molecule has 1 aromatic rings. The molecule has 2 fully saturated rings. The summed E-state index contributed by atoms with van der Waals surface area (Å²) in [4.78, 5) is 2.13. The SMILES string of the molecule is FC1CC(F)C(F)C(c2cccc(N3CCCC3)c2)C1F. The Balaban J connectivity index is 1.89. The molecule has 1 aliphatic carbocycles. The molecule has 0 N–H and O–H groups in total. The van der Waals surface area contributed by atoms with Crippen LogP contribution in [0, 0.1) is 0 Å². The van der Waals surface area contributed by atoms with Gasteiger partial charge in [-0.3, -0.25) is 0 Å². The van der Waals surface area contributed by atoms with Gasteiger partial charge >= 0.3 is 0 Å². The highest BCUT2D eigenvalue weighted by Gasteiger charge is 2.47. The number of alkyl halides is 4. The van der Waals surface area contributed by atoms with Crippen molar-refractivity contribution in [3.63, 3.8) is 0 Å². The van der Waals surface area contributed by atoms with Crippen molar-refractivity contribution in [2.45, 2.75) is 49.9 Å². The third-order valence-electron chi connectivity index (χ3n) is 4.55. The van der Waals surface area contributed by atoms with E-state index in [1.165, 1.54) is 0 Å². The molecule has 0 spiro atoms. The Hall–Kier alpha value is -1.26. The molecule has 4 atom stereocenters. The van der Waals surface area contributed by atoms with Crippen LogP contribution >= 0.6 is 0 Å². The minimum absolute atomic E-state index is 0.351. The van der Waals surface area contributed by atoms with E-state index in [0.717, 1.165) is 31.6 Å². The lowest BCUT2D eigenvalue weighted by molar-refractivity contribution is -0.00569. The Labute approximate surface area is 121 Å². The van der Waals surface area contributed by atoms with Crippen molar-refractivity contribution in [3.05, 3.63) is 29.8 Å². The summed E-state index contributed by atoms with van der Waals surface area (Å²) in [5, 5.41) is 0. The predicted octanol–water partition coefficient (Wildman–Crippen LogP) is 4.13. The average Bonchev–Trinajstić information content (AvgIpc) is 3.00. The molecule has 1 nitrogen and oxygen atoms in total. The summed E-state index contributed by atoms with van der Waals surface area (Å²) in [7, 11) is 0. The molecule has 1 saturated heterocycles. The zero-order valence-corrected chi connectivity index (χ0v) is 11.7. The van der Waals surface area contributed by atoms with Crippen molar-refractivity contribution >= 4 is 5.69 Å². The van der Waals surface area contributed by atoms with Gasteiger partial charge in [-0.25, -0.2) is 17.6 Å². The molecule has 21 heavy (non-hydrogen) atoms. The van der Waals surface area contributed by atoms with Crippen LogP contribution in [-0.2, 0) is 0 Å². The fourth-order valence-electron chi connectivity index (χ4n) is 3.37. The van der Waals surface area contributed by atoms with E-state index in [-0.39, 0.29) is 0 Å². The van der Waals surface area contributed by atoms with E-state index in [4.69, 9.17) is 0 Å². The van der Waals surface area contributed by atoms with Gasteiger partial charge in [-0.2, -0.15) is 0 Å². The van der Waals surface area contributed by atoms with Crippen molar-refractivity contribution < 1.29 is 17.6 Å². The number of hydrogen-bond acceptors (Lipinski definition) is 1. The zero-order valence-electron chi connectivity index (χ0n) is 11.7. The summed E-state index contributed by atoms with van der Waals surface area (Å²) in [6, 6.07) is 6.82. The molecular formula is C16H19F4N. The maximum absolute atomic E-state index is 14.1. The highest BCUT2D eigenvalue weighted by Crippen LogP contribution is 2.41. The van der Waals surface area contributed by atoms with E-state index >= 15 is 0 Å². The second-order valence-electron chi connectivity index (χ2n) is 5.97. The molecule has 0 amide bonds. The second kappa shape index (κ2) is 5.85. The van der Waals surface area contributed by atoms with Gasteiger partial charge in [0.1, 0.15) is 24.7 Å². The molecule has 1 heterocycles. The number of rotatable bonds is 2. The summed E-state index contributed by atoms with van der Waals surface area (Å²) in [6.45, 7) is 1.81. The van der Waals surface area contributed by atoms with Crippen LogP contribution in [0.1, 0.15) is 30.7 Å². The minimum Gasteiger partial charge on any atom is -0.372 e. The third-order valence-corrected chi connectivity index (χ3v) is 4.55. The Morgan fingerprint density at radius 3 is 2.14 bits per heavy atom. The van der Waals surface area contributed by atoms with Crippen LogP contribution in [0.25, 0.3) is 0 Å². The molecule has 1 aromatic carbocycles. The molecule has 4 unspecified atom stereocenters. The number of hydrogen-bond donors (Lipinski definition) is 0. The monoisotopic (exact) mass is 301 g/mol. The molecule has 5 heteroatoms. The highest BCUT2D eigenvalue weighted by molar-refractivity contribution is 5.50. The topological polar surface area (TPSA) is 3.24 Å². The molecule has 1 saturated carbocycles. The molecule has 0 aromatic heterocycles. The van der Waals surface area contributed by atoms with Gasteiger partial charge in [0.25, 0.3) is 0 Å². The standard InChI is InChI=1S/C16H19F4N/c17-12-9-13(18)16(20)14(15(12)19)10-4-3-5-11(8-10)21-6-1-2-7-21/h3-5,8,12-16H,1-2,6-7,9H2. The van der Waals surface area contributed by atoms with Crippen LogP contribution < -0.4 is 4.90 Å². The molecule has 3 rings (SSSR count). The summed E-state index contributed by atoms with van der Waals surface area (Å²) in [6.07, 6.45) is -6.36. The Morgan fingerprint density at radius 2 is 1.52 bits per heavy atom. The maximum atomic E-state index is 14.1. The second-order valence-corrected chi connectivity index (χ2v) is 5.97. The van der Waals surface area contributed by atoms with Crippen molar-refractivity contribution in [1.29, 1.82) is 0 Å². The van der Waals surface area contributed by atoms with Gasteiger partial charge in [0.15, 0.2) is 0 Å². The van der Waals surface area contributed by atoms with Crippen LogP contribution in [0.3, 0.4) is 0 Å². The summed E-state index contributed by atoms with van der Waals surface area (Å²) in [5.74, 6) is -1.36. The molecule has 116 valence electrons. The van der Waals surface area contributed by atoms with Crippen LogP contribution in [0.4, 0.5) is 23.2 Å². The van der Waals surface area contributed by atoms with Crippen molar-refractivity contribution in [2.24, 2.45) is 0 Å². The van der Waals surface area contributed by atoms with Crippen molar-refractivity contribution in [3.8, 4) is 0 Å². The van der Waals surface area contributed by atoms with Gasteiger partial charge in [-0.1, -0.05) is 12.1 Å². The number of nitrogens with zero attached hydrogens (tertiary/aromatic N) is 1. The number of benzene rings is 1. The Kier molecular flexibility index (Phi) is 4.09. The van der Waals surface area contributed by atoms with E-state index in [2.05, 4.69) is 4.90 Å². The molecular weight excluding hydrogens is 282 g/mol. The van der Waals surface area contributed by atoms with Gasteiger partial charge in [-0.05, 0) is 30.5 Å². The lowest BCUT2D eigenvalue weighted by Crippen LogP contribution is -2.44. The Bertz CT molecular complexity index is 475. The molecule has 1 aliphatic heterocycles. The summed E-state index contributed by atoms with van der Waals surface area (Å²) >= 11 is 0. The molecule has 0 radical (unpaired) electrons. The minimum atomic E-state index is -1.99. The highest BCUT2D eigenvalue weighted by atomic mass is 19.2. The normalized spacial score (nSPS) is 37.0. The van der Waals surface area contributed by atoms with Crippen LogP contribution in [-0.4, -0.2) is 37.8 Å². The number of anilines is 1. The van der Waals surface area contributed by atoms with Gasteiger partial charge < -0.3 is 4.90 Å². The lowest BCUT2D eigenvalue weighted by Gasteiger charge is -2.34. The van der Waals surface area contributed by atoms with E-state index < -0.39 is 37.0 Å². The molecule has 2 aliphatic rings.